The van der Waals surface area contributed by atoms with E-state index in [0.29, 0.717) is 5.56 Å². The molecule has 0 aliphatic heterocycles. The number of hydrogen-bond acceptors (Lipinski definition) is 3. The van der Waals surface area contributed by atoms with E-state index >= 15 is 0 Å². The molecule has 0 unspecified atom stereocenters. The molecule has 3 N–H and O–H groups in total. The normalized spacial score (nSPS) is 12.2. The van der Waals surface area contributed by atoms with Crippen molar-refractivity contribution in [3.8, 4) is 0 Å². The fourth-order valence-corrected chi connectivity index (χ4v) is 1.32. The number of carbonyl (C=O) groups excluding carboxylic acids is 1. The van der Waals surface area contributed by atoms with Crippen LogP contribution in [0.4, 0.5) is 0 Å². The lowest BCUT2D eigenvalue weighted by atomic mass is 10.00. The summed E-state index contributed by atoms with van der Waals surface area (Å²) in [6.45, 7) is 3.86. The Balaban J connectivity index is 2.81. The average molecular weight is 221 g/mol. The number of aryl methyl sites for hydroxylation is 2. The summed E-state index contributed by atoms with van der Waals surface area (Å²) in [5, 5.41) is 8.60. The maximum absolute atomic E-state index is 11.7. The monoisotopic (exact) mass is 221 g/mol. The SMILES string of the molecule is Cc1ccc(C(=O)C[C@@H](N)C(=O)O)cc1C. The third kappa shape index (κ3) is 2.90. The first-order valence-corrected chi connectivity index (χ1v) is 5.00. The number of nitrogens with two attached hydrogens (primary N) is 1. The van der Waals surface area contributed by atoms with Crippen molar-refractivity contribution in [1.82, 2.24) is 0 Å². The number of carbonyl (C=O) groups is 2. The molecule has 1 atom stereocenters. The minimum absolute atomic E-state index is 0.169. The fourth-order valence-electron chi connectivity index (χ4n) is 1.32. The molecule has 86 valence electrons. The Bertz CT molecular complexity index is 426. The van der Waals surface area contributed by atoms with Crippen molar-refractivity contribution in [3.05, 3.63) is 34.9 Å². The van der Waals surface area contributed by atoms with Crippen molar-refractivity contribution in [2.45, 2.75) is 26.3 Å². The van der Waals surface area contributed by atoms with Gasteiger partial charge in [0.2, 0.25) is 0 Å². The van der Waals surface area contributed by atoms with Gasteiger partial charge in [0, 0.05) is 12.0 Å². The summed E-state index contributed by atoms with van der Waals surface area (Å²) in [7, 11) is 0. The van der Waals surface area contributed by atoms with E-state index in [1.54, 1.807) is 12.1 Å². The molecule has 0 spiro atoms. The number of carboxylic acid groups (broad SMARTS) is 1. The highest BCUT2D eigenvalue weighted by Gasteiger charge is 2.17. The summed E-state index contributed by atoms with van der Waals surface area (Å²) in [4.78, 5) is 22.2. The Morgan fingerprint density at radius 1 is 1.31 bits per heavy atom. The molecule has 1 rings (SSSR count). The van der Waals surface area contributed by atoms with Gasteiger partial charge in [0.25, 0.3) is 0 Å². The van der Waals surface area contributed by atoms with E-state index in [1.807, 2.05) is 19.9 Å². The van der Waals surface area contributed by atoms with E-state index in [9.17, 15) is 9.59 Å². The minimum Gasteiger partial charge on any atom is -0.480 e. The van der Waals surface area contributed by atoms with Crippen molar-refractivity contribution in [3.63, 3.8) is 0 Å². The maximum Gasteiger partial charge on any atom is 0.320 e. The smallest absolute Gasteiger partial charge is 0.320 e. The van der Waals surface area contributed by atoms with Crippen LogP contribution in [0.3, 0.4) is 0 Å². The summed E-state index contributed by atoms with van der Waals surface area (Å²) in [6, 6.07) is 4.16. The van der Waals surface area contributed by atoms with Crippen molar-refractivity contribution >= 4 is 11.8 Å². The van der Waals surface area contributed by atoms with Crippen molar-refractivity contribution < 1.29 is 14.7 Å². The fraction of sp³-hybridized carbons (Fsp3) is 0.333. The quantitative estimate of drug-likeness (QED) is 0.751. The highest BCUT2D eigenvalue weighted by atomic mass is 16.4. The summed E-state index contributed by atoms with van der Waals surface area (Å²) < 4.78 is 0. The average Bonchev–Trinajstić information content (AvgIpc) is 2.21. The second kappa shape index (κ2) is 4.90. The standard InChI is InChI=1S/C12H15NO3/c1-7-3-4-9(5-8(7)2)11(14)6-10(13)12(15)16/h3-5,10H,6,13H2,1-2H3,(H,15,16)/t10-/m1/s1. The number of rotatable bonds is 4. The molecule has 0 saturated carbocycles. The van der Waals surface area contributed by atoms with E-state index in [-0.39, 0.29) is 12.2 Å². The molecule has 0 aromatic heterocycles. The molecule has 0 heterocycles. The molecule has 0 amide bonds. The Morgan fingerprint density at radius 3 is 2.44 bits per heavy atom. The van der Waals surface area contributed by atoms with Gasteiger partial charge in [-0.1, -0.05) is 12.1 Å². The van der Waals surface area contributed by atoms with Gasteiger partial charge in [-0.2, -0.15) is 0 Å². The third-order valence-corrected chi connectivity index (χ3v) is 2.55. The van der Waals surface area contributed by atoms with Crippen molar-refractivity contribution in [2.24, 2.45) is 5.73 Å². The Hall–Kier alpha value is -1.68. The molecular formula is C12H15NO3. The highest BCUT2D eigenvalue weighted by Crippen LogP contribution is 2.12. The van der Waals surface area contributed by atoms with Crippen LogP contribution in [0.15, 0.2) is 18.2 Å². The Kier molecular flexibility index (Phi) is 3.79. The summed E-state index contributed by atoms with van der Waals surface area (Å²) in [5.41, 5.74) is 7.92. The van der Waals surface area contributed by atoms with Gasteiger partial charge in [0.05, 0.1) is 0 Å². The van der Waals surface area contributed by atoms with Gasteiger partial charge in [-0.25, -0.2) is 0 Å². The molecule has 0 radical (unpaired) electrons. The molecule has 0 aliphatic rings. The lowest BCUT2D eigenvalue weighted by Crippen LogP contribution is -2.32. The van der Waals surface area contributed by atoms with Gasteiger partial charge < -0.3 is 10.8 Å². The van der Waals surface area contributed by atoms with Gasteiger partial charge in [-0.05, 0) is 31.0 Å². The first-order chi connectivity index (χ1) is 7.41. The van der Waals surface area contributed by atoms with Gasteiger partial charge in [-0.15, -0.1) is 0 Å². The van der Waals surface area contributed by atoms with E-state index in [2.05, 4.69) is 0 Å². The largest absolute Gasteiger partial charge is 0.480 e. The lowest BCUT2D eigenvalue weighted by molar-refractivity contribution is -0.138. The second-order valence-corrected chi connectivity index (χ2v) is 3.87. The molecule has 4 nitrogen and oxygen atoms in total. The van der Waals surface area contributed by atoms with Crippen LogP contribution in [0, 0.1) is 13.8 Å². The third-order valence-electron chi connectivity index (χ3n) is 2.55. The van der Waals surface area contributed by atoms with Gasteiger partial charge in [-0.3, -0.25) is 9.59 Å². The van der Waals surface area contributed by atoms with E-state index in [0.717, 1.165) is 11.1 Å². The zero-order valence-electron chi connectivity index (χ0n) is 9.36. The number of aliphatic carboxylic acids is 1. The van der Waals surface area contributed by atoms with E-state index < -0.39 is 12.0 Å². The molecule has 0 fully saturated rings. The molecule has 16 heavy (non-hydrogen) atoms. The molecule has 0 bridgehead atoms. The molecule has 0 aliphatic carbocycles. The summed E-state index contributed by atoms with van der Waals surface area (Å²) in [6.07, 6.45) is -0.169. The van der Waals surface area contributed by atoms with Crippen molar-refractivity contribution in [1.29, 1.82) is 0 Å². The Labute approximate surface area is 94.1 Å². The summed E-state index contributed by atoms with van der Waals surface area (Å²) in [5.74, 6) is -1.39. The van der Waals surface area contributed by atoms with Crippen LogP contribution in [-0.4, -0.2) is 22.9 Å². The van der Waals surface area contributed by atoms with Crippen LogP contribution in [-0.2, 0) is 4.79 Å². The minimum atomic E-state index is -1.16. The van der Waals surface area contributed by atoms with Crippen LogP contribution in [0.25, 0.3) is 0 Å². The first kappa shape index (κ1) is 12.4. The zero-order chi connectivity index (χ0) is 12.3. The van der Waals surface area contributed by atoms with E-state index in [1.165, 1.54) is 0 Å². The predicted octanol–water partition coefficient (Wildman–Crippen LogP) is 1.29. The van der Waals surface area contributed by atoms with Crippen LogP contribution < -0.4 is 5.73 Å². The maximum atomic E-state index is 11.7. The van der Waals surface area contributed by atoms with Gasteiger partial charge >= 0.3 is 5.97 Å². The Morgan fingerprint density at radius 2 is 1.94 bits per heavy atom. The molecule has 0 saturated heterocycles. The molecule has 1 aromatic rings. The highest BCUT2D eigenvalue weighted by molar-refractivity contribution is 5.98. The first-order valence-electron chi connectivity index (χ1n) is 5.00. The van der Waals surface area contributed by atoms with Crippen molar-refractivity contribution in [2.75, 3.05) is 0 Å². The van der Waals surface area contributed by atoms with Gasteiger partial charge in [0.1, 0.15) is 6.04 Å². The topological polar surface area (TPSA) is 80.4 Å². The number of hydrogen-bond donors (Lipinski definition) is 2. The molecule has 1 aromatic carbocycles. The van der Waals surface area contributed by atoms with Crippen LogP contribution in [0.5, 0.6) is 0 Å². The summed E-state index contributed by atoms with van der Waals surface area (Å²) >= 11 is 0. The predicted molar refractivity (Wildman–Crippen MR) is 60.5 cm³/mol. The molecular weight excluding hydrogens is 206 g/mol. The van der Waals surface area contributed by atoms with Crippen LogP contribution in [0.2, 0.25) is 0 Å². The van der Waals surface area contributed by atoms with Gasteiger partial charge in [0.15, 0.2) is 5.78 Å². The van der Waals surface area contributed by atoms with E-state index in [4.69, 9.17) is 10.8 Å². The lowest BCUT2D eigenvalue weighted by Gasteiger charge is -2.07. The zero-order valence-corrected chi connectivity index (χ0v) is 9.36. The number of benzene rings is 1. The van der Waals surface area contributed by atoms with Crippen LogP contribution >= 0.6 is 0 Å². The number of carboxylic acids is 1. The number of Topliss-reactive ketones (excluding diaryl/α,β-unsaturated/α-hetero) is 1. The van der Waals surface area contributed by atoms with Crippen LogP contribution in [0.1, 0.15) is 27.9 Å². The molecule has 4 heteroatoms. The number of ketones is 1. The second-order valence-electron chi connectivity index (χ2n) is 3.87.